The number of carbonyl (C=O) groups is 2. The molecule has 0 saturated carbocycles. The molecule has 4 heterocycles. The van der Waals surface area contributed by atoms with Crippen molar-refractivity contribution >= 4 is 34.8 Å². The lowest BCUT2D eigenvalue weighted by Crippen LogP contribution is -2.37. The zero-order chi connectivity index (χ0) is 20.5. The van der Waals surface area contributed by atoms with E-state index in [2.05, 4.69) is 15.3 Å². The third-order valence-electron chi connectivity index (χ3n) is 5.67. The lowest BCUT2D eigenvalue weighted by molar-refractivity contribution is -0.130. The van der Waals surface area contributed by atoms with E-state index in [1.165, 1.54) is 0 Å². The first-order chi connectivity index (χ1) is 14.7. The highest BCUT2D eigenvalue weighted by Crippen LogP contribution is 2.32. The van der Waals surface area contributed by atoms with Crippen LogP contribution in [-0.2, 0) is 16.0 Å². The van der Waals surface area contributed by atoms with Crippen LogP contribution in [0.2, 0.25) is 0 Å². The molecular formula is C23H22N4O3. The number of benzene rings is 1. The summed E-state index contributed by atoms with van der Waals surface area (Å²) in [6.45, 7) is 0.682. The second-order valence-corrected chi connectivity index (χ2v) is 7.72. The van der Waals surface area contributed by atoms with Gasteiger partial charge in [-0.25, -0.2) is 9.97 Å². The van der Waals surface area contributed by atoms with Gasteiger partial charge in [-0.05, 0) is 61.1 Å². The van der Waals surface area contributed by atoms with Crippen molar-refractivity contribution in [3.63, 3.8) is 0 Å². The fraction of sp³-hybridized carbons (Fsp3) is 0.304. The first-order valence-corrected chi connectivity index (χ1v) is 10.3. The number of hydrogen-bond donors (Lipinski definition) is 1. The Morgan fingerprint density at radius 1 is 1.23 bits per heavy atom. The summed E-state index contributed by atoms with van der Waals surface area (Å²) in [5.41, 5.74) is 3.39. The predicted molar refractivity (Wildman–Crippen MR) is 113 cm³/mol. The van der Waals surface area contributed by atoms with Gasteiger partial charge in [-0.1, -0.05) is 12.1 Å². The number of pyridine rings is 1. The molecule has 1 aromatic carbocycles. The van der Waals surface area contributed by atoms with Crippen LogP contribution in [0.4, 0.5) is 5.82 Å². The van der Waals surface area contributed by atoms with E-state index in [-0.39, 0.29) is 17.9 Å². The van der Waals surface area contributed by atoms with Gasteiger partial charge in [-0.15, -0.1) is 0 Å². The lowest BCUT2D eigenvalue weighted by atomic mass is 10.0. The average Bonchev–Trinajstić information content (AvgIpc) is 3.21. The Balaban J connectivity index is 1.35. The normalized spacial score (nSPS) is 19.1. The zero-order valence-electron chi connectivity index (χ0n) is 16.5. The number of nitrogens with one attached hydrogen (secondary N) is 1. The van der Waals surface area contributed by atoms with Crippen LogP contribution in [0.25, 0.3) is 17.2 Å². The van der Waals surface area contributed by atoms with Crippen LogP contribution < -0.4 is 5.32 Å². The van der Waals surface area contributed by atoms with E-state index < -0.39 is 0 Å². The first kappa shape index (κ1) is 18.5. The Bertz CT molecular complexity index is 1120. The van der Waals surface area contributed by atoms with E-state index in [0.717, 1.165) is 41.5 Å². The van der Waals surface area contributed by atoms with Crippen molar-refractivity contribution in [1.29, 1.82) is 0 Å². The molecule has 5 rings (SSSR count). The second kappa shape index (κ2) is 7.74. The standard InChI is InChI=1S/C23H22N4O3/c28-20-10-9-16-13-15(14-24-22(16)26-20)8-11-21(29)27-12-4-3-6-18(27)23-25-17-5-1-2-7-19(17)30-23/h1-2,5,7-8,11,13-14,18H,3-4,6,9-10,12H2,(H,24,26,28)/t18-/m1/s1. The summed E-state index contributed by atoms with van der Waals surface area (Å²) >= 11 is 0. The molecule has 2 aromatic heterocycles. The minimum atomic E-state index is -0.153. The molecule has 2 aliphatic heterocycles. The van der Waals surface area contributed by atoms with Crippen molar-refractivity contribution in [2.75, 3.05) is 11.9 Å². The molecule has 1 fully saturated rings. The molecule has 3 aromatic rings. The minimum absolute atomic E-state index is 0.0104. The van der Waals surface area contributed by atoms with Gasteiger partial charge in [0.1, 0.15) is 17.4 Å². The Morgan fingerprint density at radius 3 is 3.03 bits per heavy atom. The smallest absolute Gasteiger partial charge is 0.247 e. The maximum Gasteiger partial charge on any atom is 0.247 e. The van der Waals surface area contributed by atoms with Crippen LogP contribution in [0.1, 0.15) is 48.7 Å². The Hall–Kier alpha value is -3.48. The third-order valence-corrected chi connectivity index (χ3v) is 5.67. The molecule has 0 bridgehead atoms. The summed E-state index contributed by atoms with van der Waals surface area (Å²) in [6.07, 6.45) is 9.01. The average molecular weight is 402 g/mol. The largest absolute Gasteiger partial charge is 0.438 e. The maximum absolute atomic E-state index is 13.0. The first-order valence-electron chi connectivity index (χ1n) is 10.3. The molecule has 0 spiro atoms. The summed E-state index contributed by atoms with van der Waals surface area (Å²) in [6, 6.07) is 9.48. The number of fused-ring (bicyclic) bond motifs is 2. The molecule has 2 aliphatic rings. The maximum atomic E-state index is 13.0. The molecule has 7 heteroatoms. The molecule has 0 aliphatic carbocycles. The van der Waals surface area contributed by atoms with Crippen molar-refractivity contribution in [3.8, 4) is 0 Å². The van der Waals surface area contributed by atoms with Gasteiger partial charge in [0.25, 0.3) is 0 Å². The topological polar surface area (TPSA) is 88.3 Å². The molecule has 30 heavy (non-hydrogen) atoms. The second-order valence-electron chi connectivity index (χ2n) is 7.72. The van der Waals surface area contributed by atoms with Gasteiger partial charge in [0.05, 0.1) is 0 Å². The van der Waals surface area contributed by atoms with Crippen LogP contribution in [0.3, 0.4) is 0 Å². The monoisotopic (exact) mass is 402 g/mol. The van der Waals surface area contributed by atoms with Gasteiger partial charge in [-0.2, -0.15) is 0 Å². The fourth-order valence-electron chi connectivity index (χ4n) is 4.11. The minimum Gasteiger partial charge on any atom is -0.438 e. The van der Waals surface area contributed by atoms with E-state index in [1.54, 1.807) is 18.3 Å². The Morgan fingerprint density at radius 2 is 2.13 bits per heavy atom. The number of amides is 2. The number of para-hydroxylation sites is 2. The predicted octanol–water partition coefficient (Wildman–Crippen LogP) is 3.87. The number of oxazole rings is 1. The number of anilines is 1. The van der Waals surface area contributed by atoms with E-state index in [1.807, 2.05) is 35.2 Å². The highest BCUT2D eigenvalue weighted by molar-refractivity contribution is 5.94. The molecule has 0 radical (unpaired) electrons. The zero-order valence-corrected chi connectivity index (χ0v) is 16.5. The van der Waals surface area contributed by atoms with Crippen LogP contribution >= 0.6 is 0 Å². The van der Waals surface area contributed by atoms with Crippen molar-refractivity contribution in [1.82, 2.24) is 14.9 Å². The van der Waals surface area contributed by atoms with E-state index in [0.29, 0.717) is 31.1 Å². The van der Waals surface area contributed by atoms with Crippen molar-refractivity contribution in [2.45, 2.75) is 38.1 Å². The van der Waals surface area contributed by atoms with Crippen molar-refractivity contribution in [3.05, 3.63) is 59.6 Å². The van der Waals surface area contributed by atoms with Crippen LogP contribution in [0, 0.1) is 0 Å². The summed E-state index contributed by atoms with van der Waals surface area (Å²) in [5.74, 6) is 1.14. The molecule has 1 N–H and O–H groups in total. The number of rotatable bonds is 3. The number of likely N-dealkylation sites (tertiary alicyclic amines) is 1. The van der Waals surface area contributed by atoms with E-state index in [4.69, 9.17) is 4.42 Å². The van der Waals surface area contributed by atoms with Gasteiger partial charge < -0.3 is 14.6 Å². The molecule has 1 saturated heterocycles. The van der Waals surface area contributed by atoms with Crippen molar-refractivity contribution in [2.24, 2.45) is 0 Å². The third kappa shape index (κ3) is 3.58. The molecule has 7 nitrogen and oxygen atoms in total. The fourth-order valence-corrected chi connectivity index (χ4v) is 4.11. The van der Waals surface area contributed by atoms with E-state index in [9.17, 15) is 9.59 Å². The van der Waals surface area contributed by atoms with Gasteiger partial charge in [0, 0.05) is 25.2 Å². The number of hydrogen-bond acceptors (Lipinski definition) is 5. The number of carbonyl (C=O) groups excluding carboxylic acids is 2. The Labute approximate surface area is 173 Å². The van der Waals surface area contributed by atoms with Gasteiger partial charge in [0.15, 0.2) is 5.58 Å². The summed E-state index contributed by atoms with van der Waals surface area (Å²) in [4.78, 5) is 35.2. The molecule has 152 valence electrons. The van der Waals surface area contributed by atoms with Crippen molar-refractivity contribution < 1.29 is 14.0 Å². The molecule has 2 amide bonds. The number of piperidine rings is 1. The van der Waals surface area contributed by atoms with Crippen LogP contribution in [0.15, 0.2) is 47.0 Å². The quantitative estimate of drug-likeness (QED) is 0.672. The number of aromatic nitrogens is 2. The van der Waals surface area contributed by atoms with E-state index >= 15 is 0 Å². The number of aryl methyl sites for hydroxylation is 1. The highest BCUT2D eigenvalue weighted by Gasteiger charge is 2.30. The summed E-state index contributed by atoms with van der Waals surface area (Å²) < 4.78 is 5.95. The lowest BCUT2D eigenvalue weighted by Gasteiger charge is -2.33. The Kier molecular flexibility index (Phi) is 4.78. The summed E-state index contributed by atoms with van der Waals surface area (Å²) in [7, 11) is 0. The van der Waals surface area contributed by atoms with Gasteiger partial charge in [-0.3, -0.25) is 9.59 Å². The molecule has 1 atom stereocenters. The molecular weight excluding hydrogens is 380 g/mol. The highest BCUT2D eigenvalue weighted by atomic mass is 16.3. The van der Waals surface area contributed by atoms with Crippen LogP contribution in [-0.4, -0.2) is 33.2 Å². The summed E-state index contributed by atoms with van der Waals surface area (Å²) in [5, 5.41) is 2.77. The number of nitrogens with zero attached hydrogens (tertiary/aromatic N) is 3. The van der Waals surface area contributed by atoms with Gasteiger partial charge in [0.2, 0.25) is 17.7 Å². The van der Waals surface area contributed by atoms with Gasteiger partial charge >= 0.3 is 0 Å². The molecule has 0 unspecified atom stereocenters. The SMILES string of the molecule is O=C1CCc2cc(C=CC(=O)N3CCCC[C@@H]3c3nc4ccccc4o3)cnc2N1. The van der Waals surface area contributed by atoms with Crippen LogP contribution in [0.5, 0.6) is 0 Å².